The Kier molecular flexibility index (Phi) is 6.10. The molecule has 1 amide bonds. The van der Waals surface area contributed by atoms with Crippen LogP contribution in [0.4, 0.5) is 5.69 Å². The highest BCUT2D eigenvalue weighted by Crippen LogP contribution is 2.42. The van der Waals surface area contributed by atoms with Crippen LogP contribution >= 0.6 is 0 Å². The third kappa shape index (κ3) is 4.49. The van der Waals surface area contributed by atoms with Gasteiger partial charge in [0.1, 0.15) is 0 Å². The molecule has 4 heteroatoms. The molecule has 0 radical (unpaired) electrons. The van der Waals surface area contributed by atoms with Crippen molar-refractivity contribution in [3.8, 4) is 0 Å². The van der Waals surface area contributed by atoms with Crippen molar-refractivity contribution >= 4 is 23.5 Å². The van der Waals surface area contributed by atoms with Gasteiger partial charge in [0.05, 0.1) is 12.1 Å². The van der Waals surface area contributed by atoms with Gasteiger partial charge in [-0.05, 0) is 36.1 Å². The number of ketones is 1. The van der Waals surface area contributed by atoms with Crippen molar-refractivity contribution in [1.82, 2.24) is 0 Å². The fourth-order valence-corrected chi connectivity index (χ4v) is 4.05. The molecule has 4 nitrogen and oxygen atoms in total. The summed E-state index contributed by atoms with van der Waals surface area (Å²) in [5.41, 5.74) is 1.45. The maximum Gasteiger partial charge on any atom is 0.264 e. The number of hydrogen-bond donors (Lipinski definition) is 1. The molecule has 4 rings (SSSR count). The van der Waals surface area contributed by atoms with Gasteiger partial charge in [-0.2, -0.15) is 0 Å². The van der Waals surface area contributed by atoms with Crippen LogP contribution in [0.3, 0.4) is 0 Å². The summed E-state index contributed by atoms with van der Waals surface area (Å²) in [4.78, 5) is 27.5. The minimum absolute atomic E-state index is 0.276. The lowest BCUT2D eigenvalue weighted by Gasteiger charge is -2.22. The number of carbonyl (C=O) groups is 2. The van der Waals surface area contributed by atoms with E-state index < -0.39 is 11.5 Å². The molecule has 1 N–H and O–H groups in total. The number of carbonyl (C=O) groups excluding carboxylic acids is 2. The maximum atomic E-state index is 13.2. The summed E-state index contributed by atoms with van der Waals surface area (Å²) in [6.07, 6.45) is 4.46. The van der Waals surface area contributed by atoms with Crippen LogP contribution in [0.2, 0.25) is 0 Å². The van der Waals surface area contributed by atoms with Gasteiger partial charge < -0.3 is 10.0 Å². The average molecular weight is 412 g/mol. The summed E-state index contributed by atoms with van der Waals surface area (Å²) in [5.74, 6) is -0.719. The third-order valence-electron chi connectivity index (χ3n) is 5.62. The van der Waals surface area contributed by atoms with Gasteiger partial charge in [-0.25, -0.2) is 0 Å². The third-order valence-corrected chi connectivity index (χ3v) is 5.62. The molecule has 0 saturated heterocycles. The van der Waals surface area contributed by atoms with E-state index >= 15 is 0 Å². The number of amides is 1. The van der Waals surface area contributed by atoms with E-state index in [2.05, 4.69) is 12.1 Å². The van der Waals surface area contributed by atoms with E-state index in [4.69, 9.17) is 0 Å². The number of benzene rings is 3. The maximum absolute atomic E-state index is 13.2. The molecule has 0 fully saturated rings. The largest absolute Gasteiger partial charge is 0.375 e. The first kappa shape index (κ1) is 20.8. The highest BCUT2D eigenvalue weighted by Gasteiger charge is 2.50. The molecule has 0 spiro atoms. The minimum atomic E-state index is -1.83. The highest BCUT2D eigenvalue weighted by molar-refractivity contribution is 6.10. The number of fused-ring (bicyclic) bond motifs is 1. The number of nitrogens with zero attached hydrogens (tertiary/aromatic N) is 1. The Morgan fingerprint density at radius 1 is 0.903 bits per heavy atom. The zero-order valence-electron chi connectivity index (χ0n) is 17.3. The fraction of sp³-hybridized carbons (Fsp3) is 0.185. The number of para-hydroxylation sites is 1. The average Bonchev–Trinajstić information content (AvgIpc) is 3.01. The van der Waals surface area contributed by atoms with Crippen LogP contribution in [0.25, 0.3) is 6.08 Å². The summed E-state index contributed by atoms with van der Waals surface area (Å²) in [6, 6.07) is 26.8. The Bertz CT molecular complexity index is 1090. The van der Waals surface area contributed by atoms with E-state index in [1.807, 2.05) is 60.7 Å². The van der Waals surface area contributed by atoms with Crippen molar-refractivity contribution in [3.05, 3.63) is 108 Å². The number of rotatable bonds is 8. The topological polar surface area (TPSA) is 57.6 Å². The van der Waals surface area contributed by atoms with Crippen LogP contribution < -0.4 is 4.90 Å². The van der Waals surface area contributed by atoms with Gasteiger partial charge in [-0.15, -0.1) is 0 Å². The Morgan fingerprint density at radius 2 is 1.55 bits per heavy atom. The molecule has 1 aliphatic heterocycles. The van der Waals surface area contributed by atoms with Crippen LogP contribution in [0, 0.1) is 0 Å². The van der Waals surface area contributed by atoms with Crippen molar-refractivity contribution in [2.45, 2.75) is 24.9 Å². The summed E-state index contributed by atoms with van der Waals surface area (Å²) in [7, 11) is 0. The van der Waals surface area contributed by atoms with Crippen LogP contribution in [-0.4, -0.2) is 23.3 Å². The highest BCUT2D eigenvalue weighted by atomic mass is 16.3. The summed E-state index contributed by atoms with van der Waals surface area (Å²) < 4.78 is 0. The van der Waals surface area contributed by atoms with Gasteiger partial charge in [0.15, 0.2) is 11.4 Å². The molecule has 0 aliphatic carbocycles. The van der Waals surface area contributed by atoms with Crippen molar-refractivity contribution in [1.29, 1.82) is 0 Å². The Labute approximate surface area is 182 Å². The van der Waals surface area contributed by atoms with E-state index in [0.717, 1.165) is 18.4 Å². The summed E-state index contributed by atoms with van der Waals surface area (Å²) in [6.45, 7) is 0.487. The Balaban J connectivity index is 1.49. The zero-order chi connectivity index (χ0) is 21.7. The number of aryl methyl sites for hydroxylation is 1. The number of anilines is 1. The quantitative estimate of drug-likeness (QED) is 0.554. The SMILES string of the molecule is O=C(/C=C/c1ccccc1)C[C@]1(O)C(=O)N(CCCc2ccccc2)c2ccccc21. The predicted molar refractivity (Wildman–Crippen MR) is 123 cm³/mol. The lowest BCUT2D eigenvalue weighted by Crippen LogP contribution is -2.42. The van der Waals surface area contributed by atoms with Crippen LogP contribution in [0.15, 0.2) is 91.0 Å². The van der Waals surface area contributed by atoms with E-state index in [-0.39, 0.29) is 12.2 Å². The van der Waals surface area contributed by atoms with E-state index in [1.165, 1.54) is 11.6 Å². The second-order valence-corrected chi connectivity index (χ2v) is 7.81. The zero-order valence-corrected chi connectivity index (χ0v) is 17.3. The van der Waals surface area contributed by atoms with Gasteiger partial charge in [0, 0.05) is 12.1 Å². The van der Waals surface area contributed by atoms with Crippen molar-refractivity contribution in [2.75, 3.05) is 11.4 Å². The minimum Gasteiger partial charge on any atom is -0.375 e. The number of hydrogen-bond acceptors (Lipinski definition) is 3. The molecule has 31 heavy (non-hydrogen) atoms. The lowest BCUT2D eigenvalue weighted by atomic mass is 9.89. The summed E-state index contributed by atoms with van der Waals surface area (Å²) in [5, 5.41) is 11.3. The van der Waals surface area contributed by atoms with E-state index in [1.54, 1.807) is 23.1 Å². The second kappa shape index (κ2) is 9.11. The first-order valence-electron chi connectivity index (χ1n) is 10.5. The molecule has 3 aromatic rings. The molecule has 0 unspecified atom stereocenters. The first-order valence-corrected chi connectivity index (χ1v) is 10.5. The van der Waals surface area contributed by atoms with Crippen LogP contribution in [0.5, 0.6) is 0 Å². The van der Waals surface area contributed by atoms with E-state index in [0.29, 0.717) is 17.8 Å². The molecule has 1 aliphatic rings. The molecule has 0 aromatic heterocycles. The first-order chi connectivity index (χ1) is 15.1. The van der Waals surface area contributed by atoms with Gasteiger partial charge >= 0.3 is 0 Å². The van der Waals surface area contributed by atoms with Gasteiger partial charge in [-0.1, -0.05) is 84.9 Å². The van der Waals surface area contributed by atoms with Crippen molar-refractivity contribution in [2.24, 2.45) is 0 Å². The predicted octanol–water partition coefficient (Wildman–Crippen LogP) is 4.53. The van der Waals surface area contributed by atoms with Crippen LogP contribution in [0.1, 0.15) is 29.5 Å². The molecular formula is C27H25NO3. The van der Waals surface area contributed by atoms with Crippen molar-refractivity contribution < 1.29 is 14.7 Å². The summed E-state index contributed by atoms with van der Waals surface area (Å²) >= 11 is 0. The second-order valence-electron chi connectivity index (χ2n) is 7.81. The Hall–Kier alpha value is -3.50. The van der Waals surface area contributed by atoms with Gasteiger partial charge in [0.25, 0.3) is 5.91 Å². The molecule has 1 atom stereocenters. The smallest absolute Gasteiger partial charge is 0.264 e. The van der Waals surface area contributed by atoms with Gasteiger partial charge in [-0.3, -0.25) is 9.59 Å². The fourth-order valence-electron chi connectivity index (χ4n) is 4.05. The molecular weight excluding hydrogens is 386 g/mol. The molecule has 3 aromatic carbocycles. The number of aliphatic hydroxyl groups is 1. The molecule has 156 valence electrons. The van der Waals surface area contributed by atoms with Crippen LogP contribution in [-0.2, 0) is 21.6 Å². The van der Waals surface area contributed by atoms with Gasteiger partial charge in [0.2, 0.25) is 0 Å². The Morgan fingerprint density at radius 3 is 2.29 bits per heavy atom. The monoisotopic (exact) mass is 411 g/mol. The van der Waals surface area contributed by atoms with Crippen molar-refractivity contribution in [3.63, 3.8) is 0 Å². The molecule has 1 heterocycles. The number of allylic oxidation sites excluding steroid dienone is 1. The normalized spacial score (nSPS) is 17.8. The standard InChI is InChI=1S/C27H25NO3/c29-23(18-17-22-12-5-2-6-13-22)20-27(31)24-15-7-8-16-25(24)28(26(27)30)19-9-14-21-10-3-1-4-11-21/h1-8,10-13,15-18,31H,9,14,19-20H2/b18-17+/t27-/m1/s1. The van der Waals surface area contributed by atoms with E-state index in [9.17, 15) is 14.7 Å². The molecule has 0 bridgehead atoms. The lowest BCUT2D eigenvalue weighted by molar-refractivity contribution is -0.140. The molecule has 0 saturated carbocycles.